The molecule has 4 heteroatoms. The molecule has 0 aliphatic carbocycles. The molecule has 1 aliphatic rings. The van der Waals surface area contributed by atoms with Crippen molar-refractivity contribution in [2.45, 2.75) is 57.8 Å². The van der Waals surface area contributed by atoms with E-state index in [-0.39, 0.29) is 11.8 Å². The van der Waals surface area contributed by atoms with Crippen molar-refractivity contribution in [3.63, 3.8) is 0 Å². The standard InChI is InChI=1S/C23H28N2O2/c26-22-20-12-8-9-13-21(20)23(27)25(22)18-10-6-4-2-1-3-5-7-11-19-14-16-24-17-15-19/h8-9,12-17H,1-7,10-11,18H2. The summed E-state index contributed by atoms with van der Waals surface area (Å²) in [4.78, 5) is 30.0. The molecule has 0 spiro atoms. The monoisotopic (exact) mass is 364 g/mol. The van der Waals surface area contributed by atoms with Gasteiger partial charge in [0.15, 0.2) is 0 Å². The highest BCUT2D eigenvalue weighted by molar-refractivity contribution is 6.21. The number of benzene rings is 1. The Kier molecular flexibility index (Phi) is 7.14. The van der Waals surface area contributed by atoms with Crippen molar-refractivity contribution >= 4 is 11.8 Å². The molecule has 4 nitrogen and oxygen atoms in total. The van der Waals surface area contributed by atoms with E-state index in [1.165, 1.54) is 49.0 Å². The van der Waals surface area contributed by atoms with E-state index in [4.69, 9.17) is 0 Å². The van der Waals surface area contributed by atoms with Crippen molar-refractivity contribution in [2.75, 3.05) is 6.54 Å². The van der Waals surface area contributed by atoms with Gasteiger partial charge in [0.2, 0.25) is 0 Å². The van der Waals surface area contributed by atoms with Crippen LogP contribution in [0.2, 0.25) is 0 Å². The number of fused-ring (bicyclic) bond motifs is 1. The number of pyridine rings is 1. The van der Waals surface area contributed by atoms with Crippen LogP contribution in [0.5, 0.6) is 0 Å². The maximum Gasteiger partial charge on any atom is 0.261 e. The lowest BCUT2D eigenvalue weighted by Crippen LogP contribution is -2.30. The lowest BCUT2D eigenvalue weighted by atomic mass is 10.0. The molecule has 0 saturated carbocycles. The Morgan fingerprint density at radius 3 is 1.78 bits per heavy atom. The third kappa shape index (κ3) is 5.25. The van der Waals surface area contributed by atoms with Gasteiger partial charge in [-0.3, -0.25) is 19.5 Å². The summed E-state index contributed by atoms with van der Waals surface area (Å²) in [5.74, 6) is -0.269. The fourth-order valence-electron chi connectivity index (χ4n) is 3.65. The number of carbonyl (C=O) groups excluding carboxylic acids is 2. The van der Waals surface area contributed by atoms with Crippen LogP contribution >= 0.6 is 0 Å². The molecule has 0 N–H and O–H groups in total. The average molecular weight is 364 g/mol. The lowest BCUT2D eigenvalue weighted by molar-refractivity contribution is 0.0651. The number of rotatable bonds is 11. The van der Waals surface area contributed by atoms with Crippen LogP contribution in [-0.2, 0) is 6.42 Å². The molecule has 3 rings (SSSR count). The van der Waals surface area contributed by atoms with E-state index < -0.39 is 0 Å². The molecule has 1 aromatic heterocycles. The topological polar surface area (TPSA) is 50.3 Å². The van der Waals surface area contributed by atoms with Crippen LogP contribution in [0, 0.1) is 0 Å². The third-order valence-electron chi connectivity index (χ3n) is 5.22. The highest BCUT2D eigenvalue weighted by Crippen LogP contribution is 2.23. The lowest BCUT2D eigenvalue weighted by Gasteiger charge is -2.13. The van der Waals surface area contributed by atoms with E-state index in [1.54, 1.807) is 12.1 Å². The Balaban J connectivity index is 1.21. The van der Waals surface area contributed by atoms with Crippen LogP contribution in [0.15, 0.2) is 48.8 Å². The van der Waals surface area contributed by atoms with Crippen molar-refractivity contribution in [1.82, 2.24) is 9.88 Å². The van der Waals surface area contributed by atoms with Gasteiger partial charge in [-0.1, -0.05) is 50.7 Å². The number of unbranched alkanes of at least 4 members (excludes halogenated alkanes) is 7. The van der Waals surface area contributed by atoms with Crippen LogP contribution in [-0.4, -0.2) is 28.2 Å². The molecular formula is C23H28N2O2. The van der Waals surface area contributed by atoms with Crippen molar-refractivity contribution in [1.29, 1.82) is 0 Å². The molecule has 2 heterocycles. The molecule has 27 heavy (non-hydrogen) atoms. The largest absolute Gasteiger partial charge is 0.274 e. The van der Waals surface area contributed by atoms with Crippen LogP contribution in [0.1, 0.15) is 77.6 Å². The minimum absolute atomic E-state index is 0.134. The summed E-state index contributed by atoms with van der Waals surface area (Å²) in [6, 6.07) is 11.3. The molecule has 0 saturated heterocycles. The van der Waals surface area contributed by atoms with E-state index >= 15 is 0 Å². The molecule has 1 aromatic carbocycles. The van der Waals surface area contributed by atoms with Crippen LogP contribution in [0.25, 0.3) is 0 Å². The van der Waals surface area contributed by atoms with Gasteiger partial charge in [-0.2, -0.15) is 0 Å². The number of aryl methyl sites for hydroxylation is 1. The van der Waals surface area contributed by atoms with E-state index in [2.05, 4.69) is 17.1 Å². The van der Waals surface area contributed by atoms with Gasteiger partial charge in [0.25, 0.3) is 11.8 Å². The first kappa shape index (κ1) is 19.3. The van der Waals surface area contributed by atoms with E-state index in [9.17, 15) is 9.59 Å². The number of hydrogen-bond donors (Lipinski definition) is 0. The average Bonchev–Trinajstić information content (AvgIpc) is 2.95. The second-order valence-electron chi connectivity index (χ2n) is 7.24. The number of imide groups is 1. The summed E-state index contributed by atoms with van der Waals surface area (Å²) in [6.45, 7) is 0.540. The first-order valence-corrected chi connectivity index (χ1v) is 10.1. The fourth-order valence-corrected chi connectivity index (χ4v) is 3.65. The Labute approximate surface area is 161 Å². The Hall–Kier alpha value is -2.49. The molecule has 0 radical (unpaired) electrons. The maximum absolute atomic E-state index is 12.3. The predicted molar refractivity (Wildman–Crippen MR) is 107 cm³/mol. The normalized spacial score (nSPS) is 13.3. The third-order valence-corrected chi connectivity index (χ3v) is 5.22. The minimum Gasteiger partial charge on any atom is -0.274 e. The van der Waals surface area contributed by atoms with Gasteiger partial charge >= 0.3 is 0 Å². The zero-order valence-corrected chi connectivity index (χ0v) is 15.9. The molecule has 142 valence electrons. The summed E-state index contributed by atoms with van der Waals surface area (Å²) >= 11 is 0. The highest BCUT2D eigenvalue weighted by atomic mass is 16.2. The Bertz CT molecular complexity index is 723. The smallest absolute Gasteiger partial charge is 0.261 e. The number of carbonyl (C=O) groups is 2. The van der Waals surface area contributed by atoms with Crippen molar-refractivity contribution < 1.29 is 9.59 Å². The molecule has 2 aromatic rings. The van der Waals surface area contributed by atoms with Gasteiger partial charge in [0.05, 0.1) is 11.1 Å². The van der Waals surface area contributed by atoms with Gasteiger partial charge in [0.1, 0.15) is 0 Å². The summed E-state index contributed by atoms with van der Waals surface area (Å²) in [7, 11) is 0. The van der Waals surface area contributed by atoms with Gasteiger partial charge < -0.3 is 0 Å². The molecular weight excluding hydrogens is 336 g/mol. The summed E-state index contributed by atoms with van der Waals surface area (Å²) in [5, 5.41) is 0. The maximum atomic E-state index is 12.3. The van der Waals surface area contributed by atoms with Crippen molar-refractivity contribution in [3.05, 3.63) is 65.5 Å². The minimum atomic E-state index is -0.134. The molecule has 0 unspecified atom stereocenters. The first-order chi connectivity index (χ1) is 13.3. The molecule has 0 bridgehead atoms. The molecule has 0 atom stereocenters. The summed E-state index contributed by atoms with van der Waals surface area (Å²) < 4.78 is 0. The molecule has 1 aliphatic heterocycles. The highest BCUT2D eigenvalue weighted by Gasteiger charge is 2.34. The van der Waals surface area contributed by atoms with Crippen LogP contribution in [0.4, 0.5) is 0 Å². The summed E-state index contributed by atoms with van der Waals surface area (Å²) in [6.07, 6.45) is 14.3. The van der Waals surface area contributed by atoms with Gasteiger partial charge in [-0.25, -0.2) is 0 Å². The Morgan fingerprint density at radius 1 is 0.667 bits per heavy atom. The van der Waals surface area contributed by atoms with Gasteiger partial charge in [-0.05, 0) is 49.1 Å². The zero-order chi connectivity index (χ0) is 18.9. The molecule has 0 fully saturated rings. The number of amides is 2. The van der Waals surface area contributed by atoms with E-state index in [1.807, 2.05) is 24.5 Å². The first-order valence-electron chi connectivity index (χ1n) is 10.1. The van der Waals surface area contributed by atoms with Gasteiger partial charge in [-0.15, -0.1) is 0 Å². The zero-order valence-electron chi connectivity index (χ0n) is 15.9. The SMILES string of the molecule is O=C1c2ccccc2C(=O)N1CCCCCCCCCCc1ccncc1. The Morgan fingerprint density at radius 2 is 1.19 bits per heavy atom. The predicted octanol–water partition coefficient (Wildman–Crippen LogP) is 5.04. The van der Waals surface area contributed by atoms with Gasteiger partial charge in [0, 0.05) is 18.9 Å². The van der Waals surface area contributed by atoms with E-state index in [0.717, 1.165) is 19.3 Å². The number of nitrogens with zero attached hydrogens (tertiary/aromatic N) is 2. The van der Waals surface area contributed by atoms with E-state index in [0.29, 0.717) is 17.7 Å². The number of aromatic nitrogens is 1. The van der Waals surface area contributed by atoms with Crippen LogP contribution in [0.3, 0.4) is 0 Å². The molecule has 2 amide bonds. The second kappa shape index (κ2) is 10.0. The van der Waals surface area contributed by atoms with Crippen molar-refractivity contribution in [2.24, 2.45) is 0 Å². The second-order valence-corrected chi connectivity index (χ2v) is 7.24. The van der Waals surface area contributed by atoms with Crippen molar-refractivity contribution in [3.8, 4) is 0 Å². The fraction of sp³-hybridized carbons (Fsp3) is 0.435. The summed E-state index contributed by atoms with van der Waals surface area (Å²) in [5.41, 5.74) is 2.47. The number of hydrogen-bond acceptors (Lipinski definition) is 3. The quantitative estimate of drug-likeness (QED) is 0.414. The van der Waals surface area contributed by atoms with Crippen LogP contribution < -0.4 is 0 Å².